The molecule has 2 aromatic carbocycles. The summed E-state index contributed by atoms with van der Waals surface area (Å²) in [4.78, 5) is 12.6. The van der Waals surface area contributed by atoms with E-state index in [0.717, 1.165) is 15.7 Å². The number of carbonyl (C=O) groups excluding carboxylic acids is 1. The van der Waals surface area contributed by atoms with Gasteiger partial charge in [-0.15, -0.1) is 0 Å². The Balaban J connectivity index is 1.37. The molecule has 0 aliphatic carbocycles. The predicted molar refractivity (Wildman–Crippen MR) is 127 cm³/mol. The van der Waals surface area contributed by atoms with Crippen molar-refractivity contribution in [2.75, 3.05) is 5.32 Å². The van der Waals surface area contributed by atoms with Crippen molar-refractivity contribution in [1.82, 2.24) is 19.6 Å². The van der Waals surface area contributed by atoms with Crippen molar-refractivity contribution in [1.29, 1.82) is 0 Å². The van der Waals surface area contributed by atoms with E-state index in [1.807, 2.05) is 37.3 Å². The average molecular weight is 535 g/mol. The summed E-state index contributed by atoms with van der Waals surface area (Å²) in [6.07, 6.45) is 1.68. The van der Waals surface area contributed by atoms with Gasteiger partial charge in [0.25, 0.3) is 5.91 Å². The van der Waals surface area contributed by atoms with Crippen LogP contribution in [0.5, 0.6) is 5.75 Å². The van der Waals surface area contributed by atoms with Crippen molar-refractivity contribution in [3.05, 3.63) is 92.3 Å². The number of benzene rings is 2. The normalized spacial score (nSPS) is 10.9. The molecule has 0 saturated carbocycles. The molecule has 0 aliphatic rings. The van der Waals surface area contributed by atoms with Gasteiger partial charge in [-0.3, -0.25) is 9.48 Å². The molecular formula is C22H18BrCl2N5O2. The van der Waals surface area contributed by atoms with Gasteiger partial charge in [0.1, 0.15) is 5.75 Å². The van der Waals surface area contributed by atoms with Crippen molar-refractivity contribution in [3.63, 3.8) is 0 Å². The number of anilines is 1. The van der Waals surface area contributed by atoms with Crippen LogP contribution in [0.25, 0.3) is 0 Å². The van der Waals surface area contributed by atoms with E-state index >= 15 is 0 Å². The fraction of sp³-hybridized carbons (Fsp3) is 0.136. The highest BCUT2D eigenvalue weighted by molar-refractivity contribution is 9.10. The molecule has 32 heavy (non-hydrogen) atoms. The average Bonchev–Trinajstić information content (AvgIpc) is 3.37. The van der Waals surface area contributed by atoms with E-state index < -0.39 is 0 Å². The number of carbonyl (C=O) groups is 1. The van der Waals surface area contributed by atoms with Gasteiger partial charge in [0.2, 0.25) is 0 Å². The van der Waals surface area contributed by atoms with Gasteiger partial charge in [0, 0.05) is 22.4 Å². The van der Waals surface area contributed by atoms with Crippen molar-refractivity contribution < 1.29 is 9.53 Å². The van der Waals surface area contributed by atoms with E-state index in [4.69, 9.17) is 27.9 Å². The third kappa shape index (κ3) is 5.51. The van der Waals surface area contributed by atoms with Crippen LogP contribution in [-0.4, -0.2) is 25.5 Å². The van der Waals surface area contributed by atoms with Gasteiger partial charge in [0.05, 0.1) is 16.6 Å². The lowest BCUT2D eigenvalue weighted by molar-refractivity contribution is 0.101. The molecule has 1 amide bonds. The highest BCUT2D eigenvalue weighted by Crippen LogP contribution is 2.23. The molecule has 7 nitrogen and oxygen atoms in total. The number of rotatable bonds is 7. The second kappa shape index (κ2) is 9.77. The number of aromatic nitrogens is 4. The first-order valence-electron chi connectivity index (χ1n) is 9.59. The molecule has 0 bridgehead atoms. The Kier molecular flexibility index (Phi) is 6.83. The van der Waals surface area contributed by atoms with Gasteiger partial charge < -0.3 is 10.1 Å². The minimum absolute atomic E-state index is 0.187. The monoisotopic (exact) mass is 533 g/mol. The summed E-state index contributed by atoms with van der Waals surface area (Å²) in [5.41, 5.74) is 2.11. The zero-order valence-corrected chi connectivity index (χ0v) is 20.0. The molecule has 2 heterocycles. The van der Waals surface area contributed by atoms with E-state index in [0.29, 0.717) is 28.2 Å². The highest BCUT2D eigenvalue weighted by Gasteiger charge is 2.13. The SMILES string of the molecule is Cc1cc(NC(=O)c2ccn(COc3ccc(Br)cc3)n2)nn1Cc1ccc(Cl)c(Cl)c1. The maximum atomic E-state index is 12.6. The quantitative estimate of drug-likeness (QED) is 0.325. The molecule has 0 fully saturated rings. The number of aryl methyl sites for hydroxylation is 1. The first-order chi connectivity index (χ1) is 15.4. The number of halogens is 3. The summed E-state index contributed by atoms with van der Waals surface area (Å²) in [5, 5.41) is 12.5. The Morgan fingerprint density at radius 1 is 1.06 bits per heavy atom. The standard InChI is InChI=1S/C22H18BrCl2N5O2/c1-14-10-21(28-30(14)12-15-2-7-18(24)19(25)11-15)26-22(31)20-8-9-29(27-20)13-32-17-5-3-16(23)4-6-17/h2-11H,12-13H2,1H3,(H,26,28,31). The smallest absolute Gasteiger partial charge is 0.277 e. The third-order valence-electron chi connectivity index (χ3n) is 4.59. The number of nitrogens with one attached hydrogen (secondary N) is 1. The van der Waals surface area contributed by atoms with Crippen LogP contribution in [0.4, 0.5) is 5.82 Å². The van der Waals surface area contributed by atoms with Crippen LogP contribution < -0.4 is 10.1 Å². The first-order valence-corrected chi connectivity index (χ1v) is 11.1. The Morgan fingerprint density at radius 2 is 1.84 bits per heavy atom. The molecule has 0 saturated heterocycles. The Labute approximate surface area is 203 Å². The molecule has 0 spiro atoms. The van der Waals surface area contributed by atoms with Crippen LogP contribution in [0.3, 0.4) is 0 Å². The molecule has 2 aromatic heterocycles. The largest absolute Gasteiger partial charge is 0.471 e. The Morgan fingerprint density at radius 3 is 2.59 bits per heavy atom. The Hall–Kier alpha value is -2.81. The molecule has 10 heteroatoms. The molecule has 164 valence electrons. The predicted octanol–water partition coefficient (Wildman–Crippen LogP) is 5.79. The summed E-state index contributed by atoms with van der Waals surface area (Å²) >= 11 is 15.4. The Bertz CT molecular complexity index is 1250. The van der Waals surface area contributed by atoms with E-state index in [9.17, 15) is 4.79 Å². The van der Waals surface area contributed by atoms with E-state index in [2.05, 4.69) is 31.4 Å². The fourth-order valence-electron chi connectivity index (χ4n) is 2.95. The van der Waals surface area contributed by atoms with Crippen LogP contribution in [0.2, 0.25) is 10.0 Å². The minimum Gasteiger partial charge on any atom is -0.471 e. The highest BCUT2D eigenvalue weighted by atomic mass is 79.9. The van der Waals surface area contributed by atoms with Crippen molar-refractivity contribution in [3.8, 4) is 5.75 Å². The van der Waals surface area contributed by atoms with E-state index in [1.54, 1.807) is 39.8 Å². The third-order valence-corrected chi connectivity index (χ3v) is 5.86. The lowest BCUT2D eigenvalue weighted by Gasteiger charge is -2.06. The molecule has 0 atom stereocenters. The van der Waals surface area contributed by atoms with Crippen molar-refractivity contribution in [2.24, 2.45) is 0 Å². The van der Waals surface area contributed by atoms with E-state index in [1.165, 1.54) is 0 Å². The fourth-order valence-corrected chi connectivity index (χ4v) is 3.53. The zero-order valence-electron chi connectivity index (χ0n) is 16.9. The van der Waals surface area contributed by atoms with Crippen LogP contribution in [0.1, 0.15) is 21.7 Å². The molecule has 0 radical (unpaired) electrons. The summed E-state index contributed by atoms with van der Waals surface area (Å²) in [5.74, 6) is 0.789. The second-order valence-corrected chi connectivity index (χ2v) is 8.73. The lowest BCUT2D eigenvalue weighted by Crippen LogP contribution is -2.15. The zero-order chi connectivity index (χ0) is 22.7. The first kappa shape index (κ1) is 22.4. The van der Waals surface area contributed by atoms with Gasteiger partial charge in [-0.1, -0.05) is 45.2 Å². The molecule has 0 aliphatic heterocycles. The van der Waals surface area contributed by atoms with Crippen LogP contribution in [0.15, 0.2) is 65.3 Å². The van der Waals surface area contributed by atoms with Crippen molar-refractivity contribution >= 4 is 50.9 Å². The van der Waals surface area contributed by atoms with Gasteiger partial charge in [-0.2, -0.15) is 10.2 Å². The molecule has 0 unspecified atom stereocenters. The van der Waals surface area contributed by atoms with E-state index in [-0.39, 0.29) is 18.3 Å². The number of ether oxygens (including phenoxy) is 1. The summed E-state index contributed by atoms with van der Waals surface area (Å²) in [6, 6.07) is 16.3. The summed E-state index contributed by atoms with van der Waals surface area (Å²) in [7, 11) is 0. The van der Waals surface area contributed by atoms with Gasteiger partial charge >= 0.3 is 0 Å². The molecule has 4 rings (SSSR count). The molecule has 4 aromatic rings. The number of hydrogen-bond donors (Lipinski definition) is 1. The van der Waals surface area contributed by atoms with Gasteiger partial charge in [0.15, 0.2) is 18.2 Å². The molecular weight excluding hydrogens is 517 g/mol. The lowest BCUT2D eigenvalue weighted by atomic mass is 10.2. The van der Waals surface area contributed by atoms with Crippen molar-refractivity contribution in [2.45, 2.75) is 20.2 Å². The maximum Gasteiger partial charge on any atom is 0.277 e. The molecule has 1 N–H and O–H groups in total. The second-order valence-electron chi connectivity index (χ2n) is 7.00. The van der Waals surface area contributed by atoms with Crippen LogP contribution >= 0.6 is 39.1 Å². The van der Waals surface area contributed by atoms with Crippen LogP contribution in [-0.2, 0) is 13.3 Å². The topological polar surface area (TPSA) is 74.0 Å². The van der Waals surface area contributed by atoms with Crippen LogP contribution in [0, 0.1) is 6.92 Å². The summed E-state index contributed by atoms with van der Waals surface area (Å²) in [6.45, 7) is 2.60. The van der Waals surface area contributed by atoms with Gasteiger partial charge in [-0.25, -0.2) is 4.68 Å². The number of hydrogen-bond acceptors (Lipinski definition) is 4. The minimum atomic E-state index is -0.355. The van der Waals surface area contributed by atoms with Gasteiger partial charge in [-0.05, 0) is 55.0 Å². The number of amides is 1. The maximum absolute atomic E-state index is 12.6. The summed E-state index contributed by atoms with van der Waals surface area (Å²) < 4.78 is 9.96. The number of nitrogens with zero attached hydrogens (tertiary/aromatic N) is 4.